The third-order valence-electron chi connectivity index (χ3n) is 5.13. The van der Waals surface area contributed by atoms with Crippen molar-refractivity contribution in [3.63, 3.8) is 0 Å². The zero-order chi connectivity index (χ0) is 13.2. The van der Waals surface area contributed by atoms with Crippen LogP contribution in [0.4, 0.5) is 0 Å². The zero-order valence-electron chi connectivity index (χ0n) is 11.2. The van der Waals surface area contributed by atoms with Gasteiger partial charge in [-0.15, -0.1) is 0 Å². The van der Waals surface area contributed by atoms with Crippen LogP contribution in [0.1, 0.15) is 56.7 Å². The Hall–Kier alpha value is -1.41. The standard InChI is InChI=1S/C14H17N3O2/c1-14(2)9(6-15)11(14)13-16-12(17-19-13)8-5-7-3-4-10(8)18-7/h7-11H,3-5H2,1-2H3. The van der Waals surface area contributed by atoms with E-state index in [1.165, 1.54) is 0 Å². The minimum atomic E-state index is -0.0380. The molecule has 5 unspecified atom stereocenters. The van der Waals surface area contributed by atoms with Gasteiger partial charge in [-0.2, -0.15) is 10.2 Å². The molecule has 0 radical (unpaired) electrons. The van der Waals surface area contributed by atoms with Gasteiger partial charge >= 0.3 is 0 Å². The van der Waals surface area contributed by atoms with Gasteiger partial charge in [0.25, 0.3) is 0 Å². The maximum atomic E-state index is 9.12. The highest BCUT2D eigenvalue weighted by molar-refractivity contribution is 5.26. The Morgan fingerprint density at radius 3 is 2.79 bits per heavy atom. The molecule has 5 atom stereocenters. The van der Waals surface area contributed by atoms with Crippen molar-refractivity contribution in [3.05, 3.63) is 11.7 Å². The van der Waals surface area contributed by atoms with Crippen LogP contribution in [0.25, 0.3) is 0 Å². The summed E-state index contributed by atoms with van der Waals surface area (Å²) in [5.41, 5.74) is -0.0380. The van der Waals surface area contributed by atoms with Gasteiger partial charge in [0.05, 0.1) is 36.0 Å². The normalized spacial score (nSPS) is 42.3. The van der Waals surface area contributed by atoms with Crippen LogP contribution in [-0.4, -0.2) is 22.3 Å². The second-order valence-corrected chi connectivity index (χ2v) is 6.61. The summed E-state index contributed by atoms with van der Waals surface area (Å²) in [7, 11) is 0. The number of ether oxygens (including phenoxy) is 1. The molecule has 5 heteroatoms. The van der Waals surface area contributed by atoms with Gasteiger partial charge < -0.3 is 9.26 Å². The van der Waals surface area contributed by atoms with Crippen molar-refractivity contribution in [2.45, 2.75) is 57.2 Å². The lowest BCUT2D eigenvalue weighted by Crippen LogP contribution is -2.15. The molecule has 1 aromatic rings. The van der Waals surface area contributed by atoms with Crippen LogP contribution < -0.4 is 0 Å². The molecule has 2 bridgehead atoms. The van der Waals surface area contributed by atoms with E-state index in [-0.39, 0.29) is 23.4 Å². The maximum absolute atomic E-state index is 9.12. The van der Waals surface area contributed by atoms with Gasteiger partial charge in [0, 0.05) is 0 Å². The Kier molecular flexibility index (Phi) is 2.15. The van der Waals surface area contributed by atoms with Crippen molar-refractivity contribution >= 4 is 0 Å². The number of fused-ring (bicyclic) bond motifs is 2. The van der Waals surface area contributed by atoms with Gasteiger partial charge in [0.1, 0.15) is 0 Å². The molecule has 1 aromatic heterocycles. The van der Waals surface area contributed by atoms with E-state index in [1.807, 2.05) is 0 Å². The molecule has 2 aliphatic heterocycles. The quantitative estimate of drug-likeness (QED) is 0.815. The number of aromatic nitrogens is 2. The summed E-state index contributed by atoms with van der Waals surface area (Å²) in [5.74, 6) is 1.80. The van der Waals surface area contributed by atoms with Crippen molar-refractivity contribution in [1.29, 1.82) is 5.26 Å². The first-order chi connectivity index (χ1) is 9.11. The molecule has 100 valence electrons. The first kappa shape index (κ1) is 11.4. The molecule has 4 rings (SSSR count). The summed E-state index contributed by atoms with van der Waals surface area (Å²) in [6.07, 6.45) is 3.95. The van der Waals surface area contributed by atoms with Crippen LogP contribution in [0.3, 0.4) is 0 Å². The average Bonchev–Trinajstić information content (AvgIpc) is 2.92. The van der Waals surface area contributed by atoms with Gasteiger partial charge in [0.15, 0.2) is 5.82 Å². The summed E-state index contributed by atoms with van der Waals surface area (Å²) < 4.78 is 11.2. The number of nitrogens with zero attached hydrogens (tertiary/aromatic N) is 3. The smallest absolute Gasteiger partial charge is 0.231 e. The van der Waals surface area contributed by atoms with Gasteiger partial charge in [0.2, 0.25) is 5.89 Å². The largest absolute Gasteiger partial charge is 0.374 e. The maximum Gasteiger partial charge on any atom is 0.231 e. The molecule has 0 spiro atoms. The average molecular weight is 259 g/mol. The summed E-state index contributed by atoms with van der Waals surface area (Å²) in [5, 5.41) is 13.3. The fourth-order valence-corrected chi connectivity index (χ4v) is 3.77. The van der Waals surface area contributed by atoms with Crippen LogP contribution in [0.5, 0.6) is 0 Å². The Labute approximate surface area is 111 Å². The predicted octanol–water partition coefficient (Wildman–Crippen LogP) is 2.37. The van der Waals surface area contributed by atoms with E-state index < -0.39 is 0 Å². The van der Waals surface area contributed by atoms with Crippen LogP contribution >= 0.6 is 0 Å². The van der Waals surface area contributed by atoms with Gasteiger partial charge in [-0.3, -0.25) is 0 Å². The molecule has 5 nitrogen and oxygen atoms in total. The Morgan fingerprint density at radius 1 is 1.37 bits per heavy atom. The van der Waals surface area contributed by atoms with E-state index in [4.69, 9.17) is 14.5 Å². The second kappa shape index (κ2) is 3.57. The summed E-state index contributed by atoms with van der Waals surface area (Å²) in [6, 6.07) is 2.33. The summed E-state index contributed by atoms with van der Waals surface area (Å²) in [6.45, 7) is 4.16. The number of rotatable bonds is 2. The van der Waals surface area contributed by atoms with E-state index in [9.17, 15) is 0 Å². The van der Waals surface area contributed by atoms with Crippen molar-refractivity contribution < 1.29 is 9.26 Å². The zero-order valence-corrected chi connectivity index (χ0v) is 11.2. The highest BCUT2D eigenvalue weighted by Crippen LogP contribution is 2.63. The molecule has 3 heterocycles. The van der Waals surface area contributed by atoms with E-state index in [0.29, 0.717) is 17.9 Å². The monoisotopic (exact) mass is 259 g/mol. The Morgan fingerprint density at radius 2 is 2.21 bits per heavy atom. The molecule has 1 aliphatic carbocycles. The Bertz CT molecular complexity index is 559. The molecule has 0 aromatic carbocycles. The first-order valence-corrected chi connectivity index (χ1v) is 7.00. The molecule has 0 N–H and O–H groups in total. The molecule has 19 heavy (non-hydrogen) atoms. The van der Waals surface area contributed by atoms with Crippen molar-refractivity contribution in [3.8, 4) is 6.07 Å². The predicted molar refractivity (Wildman–Crippen MR) is 65.2 cm³/mol. The lowest BCUT2D eigenvalue weighted by molar-refractivity contribution is 0.0996. The van der Waals surface area contributed by atoms with Crippen LogP contribution in [0.2, 0.25) is 0 Å². The Balaban J connectivity index is 1.57. The summed E-state index contributed by atoms with van der Waals surface area (Å²) >= 11 is 0. The van der Waals surface area contributed by atoms with Gasteiger partial charge in [-0.1, -0.05) is 19.0 Å². The van der Waals surface area contributed by atoms with Crippen LogP contribution in [0, 0.1) is 22.7 Å². The minimum absolute atomic E-state index is 0.00270. The lowest BCUT2D eigenvalue weighted by Gasteiger charge is -2.13. The van der Waals surface area contributed by atoms with E-state index in [0.717, 1.165) is 25.1 Å². The third kappa shape index (κ3) is 1.50. The van der Waals surface area contributed by atoms with E-state index in [2.05, 4.69) is 30.1 Å². The van der Waals surface area contributed by atoms with E-state index in [1.54, 1.807) is 0 Å². The molecular weight excluding hydrogens is 242 g/mol. The number of hydrogen-bond acceptors (Lipinski definition) is 5. The fraction of sp³-hybridized carbons (Fsp3) is 0.786. The molecule has 0 amide bonds. The molecule has 3 fully saturated rings. The molecule has 1 saturated carbocycles. The summed E-state index contributed by atoms with van der Waals surface area (Å²) in [4.78, 5) is 4.56. The number of nitriles is 1. The van der Waals surface area contributed by atoms with Crippen LogP contribution in [0.15, 0.2) is 4.52 Å². The fourth-order valence-electron chi connectivity index (χ4n) is 3.77. The third-order valence-corrected chi connectivity index (χ3v) is 5.13. The minimum Gasteiger partial charge on any atom is -0.374 e. The van der Waals surface area contributed by atoms with Gasteiger partial charge in [-0.25, -0.2) is 0 Å². The van der Waals surface area contributed by atoms with Crippen molar-refractivity contribution in [2.75, 3.05) is 0 Å². The van der Waals surface area contributed by atoms with Crippen molar-refractivity contribution in [2.24, 2.45) is 11.3 Å². The van der Waals surface area contributed by atoms with E-state index >= 15 is 0 Å². The molecule has 2 saturated heterocycles. The lowest BCUT2D eigenvalue weighted by atomic mass is 9.89. The highest BCUT2D eigenvalue weighted by atomic mass is 16.5. The van der Waals surface area contributed by atoms with Gasteiger partial charge in [-0.05, 0) is 24.7 Å². The van der Waals surface area contributed by atoms with Crippen molar-refractivity contribution in [1.82, 2.24) is 10.1 Å². The highest BCUT2D eigenvalue weighted by Gasteiger charge is 2.62. The topological polar surface area (TPSA) is 71.9 Å². The second-order valence-electron chi connectivity index (χ2n) is 6.61. The first-order valence-electron chi connectivity index (χ1n) is 7.00. The van der Waals surface area contributed by atoms with Crippen LogP contribution in [-0.2, 0) is 4.74 Å². The molecule has 3 aliphatic rings. The number of hydrogen-bond donors (Lipinski definition) is 0. The SMILES string of the molecule is CC1(C)C(C#N)C1c1nc(C2CC3CCC2O3)no1. The molecular formula is C14H17N3O2.